The Kier molecular flexibility index (Phi) is 1.82. The van der Waals surface area contributed by atoms with Crippen molar-refractivity contribution in [1.82, 2.24) is 10.6 Å². The van der Waals surface area contributed by atoms with Crippen LogP contribution < -0.4 is 10.6 Å². The first kappa shape index (κ1) is 7.10. The molecule has 11 heavy (non-hydrogen) atoms. The van der Waals surface area contributed by atoms with Crippen LogP contribution in [0.25, 0.3) is 0 Å². The van der Waals surface area contributed by atoms with Crippen molar-refractivity contribution in [3.8, 4) is 0 Å². The zero-order chi connectivity index (χ0) is 7.68. The van der Waals surface area contributed by atoms with Gasteiger partial charge < -0.3 is 10.6 Å². The number of carbonyl (C=O) groups is 1. The third kappa shape index (κ3) is 1.38. The lowest BCUT2D eigenvalue weighted by molar-refractivity contribution is -0.121. The summed E-state index contributed by atoms with van der Waals surface area (Å²) in [5, 5.41) is 6.44. The van der Waals surface area contributed by atoms with Crippen molar-refractivity contribution in [1.29, 1.82) is 0 Å². The smallest absolute Gasteiger partial charge is 0.220 e. The average molecular weight is 154 g/mol. The van der Waals surface area contributed by atoms with E-state index in [0.29, 0.717) is 18.5 Å². The average Bonchev–Trinajstić information content (AvgIpc) is 2.31. The predicted octanol–water partition coefficient (Wildman–Crippen LogP) is 0.0170. The maximum atomic E-state index is 11.1. The monoisotopic (exact) mass is 154 g/mol. The minimum Gasteiger partial charge on any atom is -0.352 e. The molecular weight excluding hydrogens is 140 g/mol. The lowest BCUT2D eigenvalue weighted by Crippen LogP contribution is -2.40. The van der Waals surface area contributed by atoms with E-state index in [1.54, 1.807) is 0 Å². The molecule has 2 aliphatic rings. The third-order valence-electron chi connectivity index (χ3n) is 2.61. The first-order chi connectivity index (χ1) is 5.36. The van der Waals surface area contributed by atoms with Crippen molar-refractivity contribution in [3.63, 3.8) is 0 Å². The van der Waals surface area contributed by atoms with E-state index in [1.807, 2.05) is 0 Å². The number of hydrogen-bond donors (Lipinski definition) is 2. The van der Waals surface area contributed by atoms with Crippen LogP contribution in [0.3, 0.4) is 0 Å². The van der Waals surface area contributed by atoms with Gasteiger partial charge in [-0.05, 0) is 25.8 Å². The van der Waals surface area contributed by atoms with E-state index in [9.17, 15) is 4.79 Å². The van der Waals surface area contributed by atoms with E-state index < -0.39 is 0 Å². The zero-order valence-electron chi connectivity index (χ0n) is 6.60. The molecule has 62 valence electrons. The van der Waals surface area contributed by atoms with Crippen LogP contribution in [-0.4, -0.2) is 24.5 Å². The fourth-order valence-electron chi connectivity index (χ4n) is 2.01. The van der Waals surface area contributed by atoms with Crippen molar-refractivity contribution >= 4 is 5.91 Å². The number of carbonyl (C=O) groups excluding carboxylic acids is 1. The van der Waals surface area contributed by atoms with Crippen LogP contribution in [0.2, 0.25) is 0 Å². The summed E-state index contributed by atoms with van der Waals surface area (Å²) in [6.07, 6.45) is 4.02. The Bertz CT molecular complexity index is 169. The first-order valence-electron chi connectivity index (χ1n) is 4.39. The zero-order valence-corrected chi connectivity index (χ0v) is 6.60. The maximum Gasteiger partial charge on any atom is 0.220 e. The molecule has 1 amide bonds. The fraction of sp³-hybridized carbons (Fsp3) is 0.875. The summed E-state index contributed by atoms with van der Waals surface area (Å²) < 4.78 is 0. The van der Waals surface area contributed by atoms with Crippen molar-refractivity contribution in [2.24, 2.45) is 0 Å². The second-order valence-corrected chi connectivity index (χ2v) is 3.42. The summed E-state index contributed by atoms with van der Waals surface area (Å²) in [7, 11) is 0. The molecule has 0 spiro atoms. The highest BCUT2D eigenvalue weighted by Gasteiger charge is 2.29. The molecule has 2 rings (SSSR count). The van der Waals surface area contributed by atoms with Gasteiger partial charge in [-0.1, -0.05) is 0 Å². The minimum absolute atomic E-state index is 0.237. The van der Waals surface area contributed by atoms with Crippen molar-refractivity contribution < 1.29 is 4.79 Å². The molecular formula is C8H14N2O. The topological polar surface area (TPSA) is 41.1 Å². The maximum absolute atomic E-state index is 11.1. The Morgan fingerprint density at radius 2 is 2.18 bits per heavy atom. The predicted molar refractivity (Wildman–Crippen MR) is 42.2 cm³/mol. The second kappa shape index (κ2) is 2.81. The summed E-state index contributed by atoms with van der Waals surface area (Å²) in [4.78, 5) is 11.1. The highest BCUT2D eigenvalue weighted by Crippen LogP contribution is 2.16. The number of rotatable bonds is 0. The molecule has 0 aromatic heterocycles. The fourth-order valence-corrected chi connectivity index (χ4v) is 2.01. The summed E-state index contributed by atoms with van der Waals surface area (Å²) >= 11 is 0. The van der Waals surface area contributed by atoms with Crippen LogP contribution in [0.1, 0.15) is 25.7 Å². The molecule has 0 saturated carbocycles. The van der Waals surface area contributed by atoms with Crippen LogP contribution in [0.15, 0.2) is 0 Å². The summed E-state index contributed by atoms with van der Waals surface area (Å²) in [5.74, 6) is 0.237. The van der Waals surface area contributed by atoms with Gasteiger partial charge in [-0.25, -0.2) is 0 Å². The van der Waals surface area contributed by atoms with Crippen LogP contribution in [0.4, 0.5) is 0 Å². The summed E-state index contributed by atoms with van der Waals surface area (Å²) in [5.41, 5.74) is 0. The number of hydrogen-bond acceptors (Lipinski definition) is 2. The van der Waals surface area contributed by atoms with Gasteiger partial charge in [0.25, 0.3) is 0 Å². The molecule has 0 bridgehead atoms. The first-order valence-corrected chi connectivity index (χ1v) is 4.39. The molecule has 0 radical (unpaired) electrons. The van der Waals surface area contributed by atoms with Gasteiger partial charge in [-0.3, -0.25) is 4.79 Å². The van der Waals surface area contributed by atoms with E-state index in [2.05, 4.69) is 10.6 Å². The molecule has 2 saturated heterocycles. The normalized spacial score (nSPS) is 37.6. The molecule has 2 heterocycles. The molecule has 2 unspecified atom stereocenters. The van der Waals surface area contributed by atoms with Crippen molar-refractivity contribution in [3.05, 3.63) is 0 Å². The molecule has 0 aromatic carbocycles. The van der Waals surface area contributed by atoms with E-state index in [4.69, 9.17) is 0 Å². The SMILES string of the molecule is O=C1CCCC2NCCC2N1. The van der Waals surface area contributed by atoms with Gasteiger partial charge >= 0.3 is 0 Å². The van der Waals surface area contributed by atoms with Crippen LogP contribution >= 0.6 is 0 Å². The van der Waals surface area contributed by atoms with Gasteiger partial charge in [-0.15, -0.1) is 0 Å². The van der Waals surface area contributed by atoms with Gasteiger partial charge in [-0.2, -0.15) is 0 Å². The van der Waals surface area contributed by atoms with Gasteiger partial charge in [0.1, 0.15) is 0 Å². The van der Waals surface area contributed by atoms with Gasteiger partial charge in [0.15, 0.2) is 0 Å². The lowest BCUT2D eigenvalue weighted by atomic mass is 10.1. The van der Waals surface area contributed by atoms with Crippen molar-refractivity contribution in [2.75, 3.05) is 6.54 Å². The Labute approximate surface area is 66.5 Å². The van der Waals surface area contributed by atoms with Crippen LogP contribution in [0.5, 0.6) is 0 Å². The lowest BCUT2D eigenvalue weighted by Gasteiger charge is -2.15. The Balaban J connectivity index is 2.03. The number of nitrogens with one attached hydrogen (secondary N) is 2. The van der Waals surface area contributed by atoms with E-state index in [0.717, 1.165) is 25.8 Å². The highest BCUT2D eigenvalue weighted by molar-refractivity contribution is 5.76. The van der Waals surface area contributed by atoms with E-state index >= 15 is 0 Å². The Morgan fingerprint density at radius 1 is 1.27 bits per heavy atom. The quantitative estimate of drug-likeness (QED) is 0.516. The highest BCUT2D eigenvalue weighted by atomic mass is 16.1. The van der Waals surface area contributed by atoms with Gasteiger partial charge in [0.05, 0.1) is 0 Å². The molecule has 0 aromatic rings. The van der Waals surface area contributed by atoms with Crippen LogP contribution in [0, 0.1) is 0 Å². The van der Waals surface area contributed by atoms with Gasteiger partial charge in [0, 0.05) is 18.5 Å². The molecule has 2 N–H and O–H groups in total. The standard InChI is InChI=1S/C8H14N2O/c11-8-3-1-2-6-7(10-8)4-5-9-6/h6-7,9H,1-5H2,(H,10,11). The number of amides is 1. The Morgan fingerprint density at radius 3 is 3.09 bits per heavy atom. The molecule has 3 heteroatoms. The van der Waals surface area contributed by atoms with Gasteiger partial charge in [0.2, 0.25) is 5.91 Å². The molecule has 2 atom stereocenters. The summed E-state index contributed by atoms with van der Waals surface area (Å²) in [6, 6.07) is 0.978. The number of fused-ring (bicyclic) bond motifs is 1. The third-order valence-corrected chi connectivity index (χ3v) is 2.61. The molecule has 2 fully saturated rings. The molecule has 2 aliphatic heterocycles. The second-order valence-electron chi connectivity index (χ2n) is 3.42. The Hall–Kier alpha value is -0.570. The van der Waals surface area contributed by atoms with Crippen molar-refractivity contribution in [2.45, 2.75) is 37.8 Å². The largest absolute Gasteiger partial charge is 0.352 e. The molecule has 3 nitrogen and oxygen atoms in total. The summed E-state index contributed by atoms with van der Waals surface area (Å²) in [6.45, 7) is 1.07. The van der Waals surface area contributed by atoms with E-state index in [-0.39, 0.29) is 5.91 Å². The molecule has 0 aliphatic carbocycles. The van der Waals surface area contributed by atoms with E-state index in [1.165, 1.54) is 0 Å². The minimum atomic E-state index is 0.237. The van der Waals surface area contributed by atoms with Crippen LogP contribution in [-0.2, 0) is 4.79 Å².